The first-order valence-electron chi connectivity index (χ1n) is 4.20. The van der Waals surface area contributed by atoms with E-state index in [9.17, 15) is 9.59 Å². The van der Waals surface area contributed by atoms with Crippen LogP contribution in [0.2, 0.25) is 0 Å². The highest BCUT2D eigenvalue weighted by atomic mass is 16.4. The largest absolute Gasteiger partial charge is 0.481 e. The van der Waals surface area contributed by atoms with Gasteiger partial charge < -0.3 is 20.4 Å². The number of unbranched alkanes of at least 4 members (excludes halogenated alkanes) is 1. The molecule has 0 aliphatic rings. The van der Waals surface area contributed by atoms with E-state index in [1.165, 1.54) is 0 Å². The maximum absolute atomic E-state index is 9.64. The second-order valence-corrected chi connectivity index (χ2v) is 2.44. The lowest BCUT2D eigenvalue weighted by atomic mass is 10.3. The van der Waals surface area contributed by atoms with E-state index in [1.807, 2.05) is 0 Å². The van der Waals surface area contributed by atoms with E-state index in [-0.39, 0.29) is 26.1 Å². The summed E-state index contributed by atoms with van der Waals surface area (Å²) in [6, 6.07) is 0. The lowest BCUT2D eigenvalue weighted by Crippen LogP contribution is -2.00. The van der Waals surface area contributed by atoms with E-state index in [2.05, 4.69) is 0 Å². The van der Waals surface area contributed by atoms with Crippen LogP contribution in [0.1, 0.15) is 25.7 Å². The van der Waals surface area contributed by atoms with Crippen LogP contribution in [0.4, 0.5) is 0 Å². The van der Waals surface area contributed by atoms with Crippen LogP contribution in [0.25, 0.3) is 0 Å². The number of hydrogen-bond acceptors (Lipinski definition) is 4. The van der Waals surface area contributed by atoms with Crippen LogP contribution in [-0.2, 0) is 9.59 Å². The maximum Gasteiger partial charge on any atom is 0.303 e. The number of carboxylic acid groups (broad SMARTS) is 2. The van der Waals surface area contributed by atoms with Crippen molar-refractivity contribution in [2.24, 2.45) is 0 Å². The molecule has 0 heterocycles. The summed E-state index contributed by atoms with van der Waals surface area (Å²) in [5.41, 5.74) is 0. The molecule has 0 aromatic rings. The molecule has 0 aliphatic heterocycles. The minimum Gasteiger partial charge on any atom is -0.481 e. The molecule has 0 radical (unpaired) electrons. The predicted octanol–water partition coefficient (Wildman–Crippen LogP) is -0.313. The fraction of sp³-hybridized carbons (Fsp3) is 0.750. The Morgan fingerprint density at radius 1 is 0.786 bits per heavy atom. The van der Waals surface area contributed by atoms with Gasteiger partial charge in [0.25, 0.3) is 0 Å². The molecule has 0 amide bonds. The second kappa shape index (κ2) is 11.9. The Kier molecular flexibility index (Phi) is 13.0. The van der Waals surface area contributed by atoms with Crippen molar-refractivity contribution in [1.29, 1.82) is 0 Å². The number of aliphatic carboxylic acids is 2. The van der Waals surface area contributed by atoms with Gasteiger partial charge in [0.05, 0.1) is 12.8 Å². The third kappa shape index (κ3) is 22.4. The molecular weight excluding hydrogens is 192 g/mol. The Hall–Kier alpha value is -1.14. The van der Waals surface area contributed by atoms with Crippen LogP contribution in [0.3, 0.4) is 0 Å². The highest BCUT2D eigenvalue weighted by Crippen LogP contribution is 1.86. The Bertz CT molecular complexity index is 138. The van der Waals surface area contributed by atoms with E-state index < -0.39 is 11.9 Å². The van der Waals surface area contributed by atoms with Gasteiger partial charge in [-0.15, -0.1) is 0 Å². The fourth-order valence-electron chi connectivity index (χ4n) is 0.437. The molecule has 4 N–H and O–H groups in total. The van der Waals surface area contributed by atoms with Gasteiger partial charge in [-0.05, 0) is 12.8 Å². The minimum absolute atomic E-state index is 0.195. The molecule has 84 valence electrons. The Morgan fingerprint density at radius 2 is 1.07 bits per heavy atom. The lowest BCUT2D eigenvalue weighted by molar-refractivity contribution is -0.143. The van der Waals surface area contributed by atoms with Crippen LogP contribution < -0.4 is 0 Å². The molecule has 0 unspecified atom stereocenters. The second-order valence-electron chi connectivity index (χ2n) is 2.44. The van der Waals surface area contributed by atoms with Crippen LogP contribution >= 0.6 is 0 Å². The van der Waals surface area contributed by atoms with Gasteiger partial charge in [-0.2, -0.15) is 0 Å². The van der Waals surface area contributed by atoms with E-state index in [0.717, 1.165) is 12.8 Å². The monoisotopic (exact) mass is 208 g/mol. The molecule has 0 bridgehead atoms. The van der Waals surface area contributed by atoms with Gasteiger partial charge >= 0.3 is 11.9 Å². The van der Waals surface area contributed by atoms with E-state index in [4.69, 9.17) is 20.4 Å². The topological polar surface area (TPSA) is 115 Å². The van der Waals surface area contributed by atoms with E-state index in [0.29, 0.717) is 0 Å². The smallest absolute Gasteiger partial charge is 0.303 e. The average Bonchev–Trinajstić information content (AvgIpc) is 2.12. The summed E-state index contributed by atoms with van der Waals surface area (Å²) < 4.78 is 0. The highest BCUT2D eigenvalue weighted by molar-refractivity contribution is 5.75. The first-order valence-corrected chi connectivity index (χ1v) is 4.20. The molecule has 0 atom stereocenters. The van der Waals surface area contributed by atoms with Crippen molar-refractivity contribution in [3.8, 4) is 0 Å². The number of hydrogen-bond donors (Lipinski definition) is 4. The minimum atomic E-state index is -1.08. The molecule has 0 fully saturated rings. The number of aliphatic hydroxyl groups excluding tert-OH is 2. The molecule has 6 heteroatoms. The Balaban J connectivity index is 0. The quantitative estimate of drug-likeness (QED) is 0.445. The van der Waals surface area contributed by atoms with Crippen LogP contribution in [-0.4, -0.2) is 45.6 Å². The van der Waals surface area contributed by atoms with Gasteiger partial charge in [-0.3, -0.25) is 9.59 Å². The average molecular weight is 208 g/mol. The molecule has 0 rings (SSSR count). The first-order chi connectivity index (χ1) is 6.54. The Morgan fingerprint density at radius 3 is 1.21 bits per heavy atom. The van der Waals surface area contributed by atoms with Gasteiger partial charge in [-0.25, -0.2) is 0 Å². The van der Waals surface area contributed by atoms with Crippen molar-refractivity contribution in [3.05, 3.63) is 0 Å². The summed E-state index contributed by atoms with van der Waals surface area (Å²) in [5, 5.41) is 32.0. The normalized spacial score (nSPS) is 8.71. The van der Waals surface area contributed by atoms with Crippen molar-refractivity contribution in [3.63, 3.8) is 0 Å². The highest BCUT2D eigenvalue weighted by Gasteiger charge is 2.00. The summed E-state index contributed by atoms with van der Waals surface area (Å²) in [7, 11) is 0. The SMILES string of the molecule is O=C(O)CCC(=O)O.OCCCCO. The molecule has 0 aromatic carbocycles. The van der Waals surface area contributed by atoms with Crippen LogP contribution in [0.5, 0.6) is 0 Å². The van der Waals surface area contributed by atoms with Gasteiger partial charge in [0.15, 0.2) is 0 Å². The standard InChI is InChI=1S/C4H6O4.C4H10O2/c5-3(6)1-2-4(7)8;5-3-1-2-4-6/h1-2H2,(H,5,6)(H,7,8);5-6H,1-4H2. The fourth-order valence-corrected chi connectivity index (χ4v) is 0.437. The maximum atomic E-state index is 9.64. The summed E-state index contributed by atoms with van der Waals surface area (Å²) in [6.45, 7) is 0.390. The molecule has 0 aromatic heterocycles. The molecule has 0 spiro atoms. The number of carbonyl (C=O) groups is 2. The van der Waals surface area contributed by atoms with Crippen molar-refractivity contribution in [2.45, 2.75) is 25.7 Å². The summed E-state index contributed by atoms with van der Waals surface area (Å²) in [5.74, 6) is -2.15. The van der Waals surface area contributed by atoms with Gasteiger partial charge in [0, 0.05) is 13.2 Å². The van der Waals surface area contributed by atoms with Crippen molar-refractivity contribution >= 4 is 11.9 Å². The lowest BCUT2D eigenvalue weighted by Gasteiger charge is -1.85. The third-order valence-electron chi connectivity index (χ3n) is 1.12. The van der Waals surface area contributed by atoms with Gasteiger partial charge in [-0.1, -0.05) is 0 Å². The summed E-state index contributed by atoms with van der Waals surface area (Å²) in [4.78, 5) is 19.3. The molecule has 0 saturated heterocycles. The zero-order valence-corrected chi connectivity index (χ0v) is 7.85. The Labute approximate surface area is 81.8 Å². The molecule has 14 heavy (non-hydrogen) atoms. The molecule has 6 nitrogen and oxygen atoms in total. The number of aliphatic hydroxyl groups is 2. The van der Waals surface area contributed by atoms with Gasteiger partial charge in [0.1, 0.15) is 0 Å². The van der Waals surface area contributed by atoms with Crippen molar-refractivity contribution in [1.82, 2.24) is 0 Å². The third-order valence-corrected chi connectivity index (χ3v) is 1.12. The first kappa shape index (κ1) is 15.3. The van der Waals surface area contributed by atoms with E-state index >= 15 is 0 Å². The van der Waals surface area contributed by atoms with Crippen molar-refractivity contribution in [2.75, 3.05) is 13.2 Å². The summed E-state index contributed by atoms with van der Waals surface area (Å²) >= 11 is 0. The van der Waals surface area contributed by atoms with E-state index in [1.54, 1.807) is 0 Å². The van der Waals surface area contributed by atoms with Crippen molar-refractivity contribution < 1.29 is 30.0 Å². The van der Waals surface area contributed by atoms with Crippen LogP contribution in [0, 0.1) is 0 Å². The predicted molar refractivity (Wildman–Crippen MR) is 47.9 cm³/mol. The zero-order valence-electron chi connectivity index (χ0n) is 7.85. The molecular formula is C8H16O6. The number of carboxylic acids is 2. The zero-order chi connectivity index (χ0) is 11.4. The number of rotatable bonds is 6. The van der Waals surface area contributed by atoms with Crippen LogP contribution in [0.15, 0.2) is 0 Å². The summed E-state index contributed by atoms with van der Waals surface area (Å²) in [6.07, 6.45) is 0.845. The molecule has 0 aliphatic carbocycles. The van der Waals surface area contributed by atoms with Gasteiger partial charge in [0.2, 0.25) is 0 Å². The molecule has 0 saturated carbocycles.